The molecule has 0 aromatic heterocycles. The van der Waals surface area contributed by atoms with E-state index in [1.54, 1.807) is 6.07 Å². The molecule has 144 valence electrons. The molecule has 4 heteroatoms. The van der Waals surface area contributed by atoms with Gasteiger partial charge >= 0.3 is 0 Å². The van der Waals surface area contributed by atoms with Crippen molar-refractivity contribution in [1.29, 1.82) is 0 Å². The predicted molar refractivity (Wildman–Crippen MR) is 112 cm³/mol. The molecule has 3 rings (SSSR count). The average molecular weight is 395 g/mol. The van der Waals surface area contributed by atoms with E-state index >= 15 is 0 Å². The van der Waals surface area contributed by atoms with Gasteiger partial charge in [-0.3, -0.25) is 4.79 Å². The van der Waals surface area contributed by atoms with Crippen LogP contribution in [0.5, 0.6) is 11.5 Å². The molecule has 0 saturated carbocycles. The van der Waals surface area contributed by atoms with Crippen LogP contribution in [0, 0.1) is 0 Å². The van der Waals surface area contributed by atoms with E-state index in [0.717, 1.165) is 16.7 Å². The van der Waals surface area contributed by atoms with Crippen LogP contribution in [0.2, 0.25) is 0 Å². The summed E-state index contributed by atoms with van der Waals surface area (Å²) >= 11 is 5.88. The minimum Gasteiger partial charge on any atom is -0.485 e. The largest absolute Gasteiger partial charge is 0.485 e. The Morgan fingerprint density at radius 3 is 1.89 bits per heavy atom. The Hall–Kier alpha value is -2.78. The molecule has 0 unspecified atom stereocenters. The summed E-state index contributed by atoms with van der Waals surface area (Å²) in [5.41, 5.74) is 3.33. The third-order valence-corrected chi connectivity index (χ3v) is 4.62. The van der Waals surface area contributed by atoms with Gasteiger partial charge in [-0.2, -0.15) is 0 Å². The van der Waals surface area contributed by atoms with E-state index < -0.39 is 5.24 Å². The zero-order chi connectivity index (χ0) is 19.9. The van der Waals surface area contributed by atoms with E-state index in [1.165, 1.54) is 0 Å². The molecule has 0 heterocycles. The normalized spacial score (nSPS) is 10.7. The van der Waals surface area contributed by atoms with Gasteiger partial charge in [-0.25, -0.2) is 0 Å². The first kappa shape index (κ1) is 20.0. The first-order valence-electron chi connectivity index (χ1n) is 9.26. The number of hydrogen-bond acceptors (Lipinski definition) is 3. The van der Waals surface area contributed by atoms with Gasteiger partial charge in [-0.05, 0) is 46.3 Å². The third-order valence-electron chi connectivity index (χ3n) is 4.42. The van der Waals surface area contributed by atoms with Crippen LogP contribution in [-0.4, -0.2) is 5.24 Å². The van der Waals surface area contributed by atoms with Crippen molar-refractivity contribution < 1.29 is 14.3 Å². The highest BCUT2D eigenvalue weighted by atomic mass is 35.5. The van der Waals surface area contributed by atoms with E-state index in [0.29, 0.717) is 30.3 Å². The van der Waals surface area contributed by atoms with E-state index in [9.17, 15) is 4.79 Å². The van der Waals surface area contributed by atoms with Crippen LogP contribution in [0.15, 0.2) is 72.8 Å². The van der Waals surface area contributed by atoms with E-state index in [-0.39, 0.29) is 5.92 Å². The third kappa shape index (κ3) is 5.14. The van der Waals surface area contributed by atoms with Crippen molar-refractivity contribution in [1.82, 2.24) is 0 Å². The molecular formula is C24H23ClO3. The van der Waals surface area contributed by atoms with Crippen LogP contribution in [0.4, 0.5) is 0 Å². The van der Waals surface area contributed by atoms with Crippen LogP contribution in [0.25, 0.3) is 0 Å². The Labute approximate surface area is 170 Å². The molecule has 0 N–H and O–H groups in total. The molecule has 0 radical (unpaired) electrons. The Kier molecular flexibility index (Phi) is 6.72. The Morgan fingerprint density at radius 1 is 0.857 bits per heavy atom. The summed E-state index contributed by atoms with van der Waals surface area (Å²) in [7, 11) is 0. The fraction of sp³-hybridized carbons (Fsp3) is 0.208. The monoisotopic (exact) mass is 394 g/mol. The molecule has 28 heavy (non-hydrogen) atoms. The standard InChI is InChI=1S/C24H23ClO3/c1-17(2)20-13-21(24(25)26)23(28-16-19-11-7-4-8-12-19)22(14-20)27-15-18-9-5-3-6-10-18/h3-14,17H,15-16H2,1-2H3. The molecule has 0 aliphatic rings. The molecule has 0 amide bonds. The molecule has 3 nitrogen and oxygen atoms in total. The molecular weight excluding hydrogens is 372 g/mol. The second kappa shape index (κ2) is 9.43. The maximum absolute atomic E-state index is 12.1. The summed E-state index contributed by atoms with van der Waals surface area (Å²) in [5.74, 6) is 1.12. The maximum atomic E-state index is 12.1. The van der Waals surface area contributed by atoms with Crippen molar-refractivity contribution in [3.8, 4) is 11.5 Å². The van der Waals surface area contributed by atoms with Crippen molar-refractivity contribution in [3.05, 3.63) is 95.1 Å². The minimum atomic E-state index is -0.560. The molecule has 3 aromatic rings. The number of carbonyl (C=O) groups excluding carboxylic acids is 1. The highest BCUT2D eigenvalue weighted by Gasteiger charge is 2.20. The number of rotatable bonds is 8. The lowest BCUT2D eigenvalue weighted by atomic mass is 10.00. The van der Waals surface area contributed by atoms with E-state index in [2.05, 4.69) is 13.8 Å². The maximum Gasteiger partial charge on any atom is 0.256 e. The lowest BCUT2D eigenvalue weighted by molar-refractivity contribution is 0.107. The Morgan fingerprint density at radius 2 is 1.39 bits per heavy atom. The quantitative estimate of drug-likeness (QED) is 0.418. The van der Waals surface area contributed by atoms with Crippen molar-refractivity contribution in [2.75, 3.05) is 0 Å². The number of hydrogen-bond donors (Lipinski definition) is 0. The van der Waals surface area contributed by atoms with Gasteiger partial charge in [-0.1, -0.05) is 74.5 Å². The lowest BCUT2D eigenvalue weighted by Gasteiger charge is -2.18. The van der Waals surface area contributed by atoms with Gasteiger partial charge in [0, 0.05) is 0 Å². The number of benzene rings is 3. The van der Waals surface area contributed by atoms with Gasteiger partial charge in [0.1, 0.15) is 13.2 Å². The fourth-order valence-electron chi connectivity index (χ4n) is 2.82. The van der Waals surface area contributed by atoms with Gasteiger partial charge in [0.15, 0.2) is 11.5 Å². The molecule has 0 bridgehead atoms. The fourth-order valence-corrected chi connectivity index (χ4v) is 2.96. The van der Waals surface area contributed by atoms with Crippen LogP contribution in [-0.2, 0) is 13.2 Å². The van der Waals surface area contributed by atoms with Crippen LogP contribution in [0.3, 0.4) is 0 Å². The summed E-state index contributed by atoms with van der Waals surface area (Å²) in [6.45, 7) is 4.81. The summed E-state index contributed by atoms with van der Waals surface area (Å²) in [6, 6.07) is 23.4. The number of ether oxygens (including phenoxy) is 2. The minimum absolute atomic E-state index is 0.219. The van der Waals surface area contributed by atoms with Crippen molar-refractivity contribution in [2.45, 2.75) is 33.0 Å². The molecule has 0 saturated heterocycles. The Bertz CT molecular complexity index is 921. The highest BCUT2D eigenvalue weighted by molar-refractivity contribution is 6.68. The zero-order valence-electron chi connectivity index (χ0n) is 16.0. The SMILES string of the molecule is CC(C)c1cc(OCc2ccccc2)c(OCc2ccccc2)c(C(=O)Cl)c1. The smallest absolute Gasteiger partial charge is 0.256 e. The number of halogens is 1. The summed E-state index contributed by atoms with van der Waals surface area (Å²) < 4.78 is 12.1. The first-order valence-corrected chi connectivity index (χ1v) is 9.63. The van der Waals surface area contributed by atoms with Gasteiger partial charge in [0.05, 0.1) is 5.56 Å². The molecule has 0 aliphatic heterocycles. The molecule has 0 spiro atoms. The van der Waals surface area contributed by atoms with Crippen molar-refractivity contribution in [3.63, 3.8) is 0 Å². The Balaban J connectivity index is 1.94. The van der Waals surface area contributed by atoms with Crippen molar-refractivity contribution in [2.24, 2.45) is 0 Å². The van der Waals surface area contributed by atoms with Gasteiger partial charge in [0.2, 0.25) is 0 Å². The van der Waals surface area contributed by atoms with Crippen molar-refractivity contribution >= 4 is 16.8 Å². The van der Waals surface area contributed by atoms with Crippen LogP contribution >= 0.6 is 11.6 Å². The topological polar surface area (TPSA) is 35.5 Å². The number of carbonyl (C=O) groups is 1. The van der Waals surface area contributed by atoms with Crippen LogP contribution in [0.1, 0.15) is 46.8 Å². The average Bonchev–Trinajstić information content (AvgIpc) is 2.71. The summed E-state index contributed by atoms with van der Waals surface area (Å²) in [5, 5.41) is -0.560. The zero-order valence-corrected chi connectivity index (χ0v) is 16.8. The first-order chi connectivity index (χ1) is 13.5. The lowest BCUT2D eigenvalue weighted by Crippen LogP contribution is -2.06. The summed E-state index contributed by atoms with van der Waals surface area (Å²) in [4.78, 5) is 12.1. The molecule has 3 aromatic carbocycles. The van der Waals surface area contributed by atoms with E-state index in [1.807, 2.05) is 66.7 Å². The van der Waals surface area contributed by atoms with Gasteiger partial charge in [-0.15, -0.1) is 0 Å². The second-order valence-corrected chi connectivity index (χ2v) is 7.22. The molecule has 0 atom stereocenters. The van der Waals surface area contributed by atoms with E-state index in [4.69, 9.17) is 21.1 Å². The van der Waals surface area contributed by atoms with Gasteiger partial charge in [0.25, 0.3) is 5.24 Å². The summed E-state index contributed by atoms with van der Waals surface area (Å²) in [6.07, 6.45) is 0. The predicted octanol–water partition coefficient (Wildman–Crippen LogP) is 6.35. The molecule has 0 aliphatic carbocycles. The highest BCUT2D eigenvalue weighted by Crippen LogP contribution is 2.37. The van der Waals surface area contributed by atoms with Crippen LogP contribution < -0.4 is 9.47 Å². The second-order valence-electron chi connectivity index (χ2n) is 6.87. The van der Waals surface area contributed by atoms with Gasteiger partial charge < -0.3 is 9.47 Å². The molecule has 0 fully saturated rings.